The third kappa shape index (κ3) is 2.25. The molecule has 3 aliphatic carbocycles. The zero-order valence-corrected chi connectivity index (χ0v) is 17.6. The lowest BCUT2D eigenvalue weighted by Gasteiger charge is -2.31. The number of fused-ring (bicyclic) bond motifs is 7. The average molecular weight is 397 g/mol. The van der Waals surface area contributed by atoms with E-state index in [1.165, 1.54) is 50.1 Å². The van der Waals surface area contributed by atoms with E-state index in [-0.39, 0.29) is 5.41 Å². The van der Waals surface area contributed by atoms with Crippen LogP contribution >= 0.6 is 0 Å². The molecule has 0 nitrogen and oxygen atoms in total. The van der Waals surface area contributed by atoms with Crippen LogP contribution in [-0.4, -0.2) is 0 Å². The third-order valence-electron chi connectivity index (χ3n) is 7.13. The van der Waals surface area contributed by atoms with Gasteiger partial charge in [0.25, 0.3) is 0 Å². The van der Waals surface area contributed by atoms with Crippen molar-refractivity contribution in [2.75, 3.05) is 0 Å². The van der Waals surface area contributed by atoms with Crippen molar-refractivity contribution in [1.82, 2.24) is 0 Å². The summed E-state index contributed by atoms with van der Waals surface area (Å²) in [6.45, 7) is 8.95. The largest absolute Gasteiger partial charge is 0.0987 e. The molecule has 6 rings (SSSR count). The van der Waals surface area contributed by atoms with Crippen LogP contribution in [0.25, 0.3) is 16.7 Å². The quantitative estimate of drug-likeness (QED) is 0.424. The summed E-state index contributed by atoms with van der Waals surface area (Å²) in [7, 11) is 0. The van der Waals surface area contributed by atoms with Gasteiger partial charge in [-0.15, -0.1) is 0 Å². The van der Waals surface area contributed by atoms with Crippen molar-refractivity contribution in [3.05, 3.63) is 149 Å². The molecule has 1 spiro atoms. The van der Waals surface area contributed by atoms with E-state index in [9.17, 15) is 0 Å². The number of allylic oxidation sites excluding steroid dienone is 8. The monoisotopic (exact) mass is 396 g/mol. The van der Waals surface area contributed by atoms with Gasteiger partial charge in [0.15, 0.2) is 0 Å². The lowest BCUT2D eigenvalue weighted by atomic mass is 9.69. The van der Waals surface area contributed by atoms with Crippen molar-refractivity contribution < 1.29 is 0 Å². The highest BCUT2D eigenvalue weighted by Crippen LogP contribution is 2.63. The second kappa shape index (κ2) is 6.68. The minimum absolute atomic E-state index is 0.338. The molecule has 0 radical (unpaired) electrons. The first-order chi connectivity index (χ1) is 15.3. The number of rotatable bonds is 3. The summed E-state index contributed by atoms with van der Waals surface area (Å²) >= 11 is 0. The summed E-state index contributed by atoms with van der Waals surface area (Å²) < 4.78 is 0. The molecular formula is C31H24. The first-order valence-corrected chi connectivity index (χ1v) is 11.0. The molecule has 148 valence electrons. The molecule has 0 bridgehead atoms. The van der Waals surface area contributed by atoms with E-state index in [4.69, 9.17) is 0 Å². The van der Waals surface area contributed by atoms with Gasteiger partial charge in [-0.2, -0.15) is 0 Å². The number of hydrogen-bond donors (Lipinski definition) is 0. The smallest absolute Gasteiger partial charge is 0.0725 e. The molecule has 0 aromatic heterocycles. The lowest BCUT2D eigenvalue weighted by molar-refractivity contribution is 0.786. The maximum atomic E-state index is 4.62. The maximum Gasteiger partial charge on any atom is 0.0725 e. The molecule has 0 N–H and O–H groups in total. The molecule has 0 unspecified atom stereocenters. The molecule has 0 saturated heterocycles. The molecule has 3 aromatic carbocycles. The Morgan fingerprint density at radius 1 is 0.774 bits per heavy atom. The van der Waals surface area contributed by atoms with Crippen LogP contribution in [0.5, 0.6) is 0 Å². The number of hydrogen-bond acceptors (Lipinski definition) is 0. The fourth-order valence-electron chi connectivity index (χ4n) is 5.92. The van der Waals surface area contributed by atoms with Gasteiger partial charge in [-0.25, -0.2) is 0 Å². The second-order valence-corrected chi connectivity index (χ2v) is 8.52. The van der Waals surface area contributed by atoms with Crippen molar-refractivity contribution >= 4 is 5.57 Å². The Kier molecular flexibility index (Phi) is 3.91. The van der Waals surface area contributed by atoms with Crippen LogP contribution < -0.4 is 0 Å². The van der Waals surface area contributed by atoms with Crippen LogP contribution in [-0.2, 0) is 5.41 Å². The molecule has 3 aromatic rings. The van der Waals surface area contributed by atoms with Crippen molar-refractivity contribution in [3.63, 3.8) is 0 Å². The molecule has 3 aliphatic rings. The molecule has 31 heavy (non-hydrogen) atoms. The molecule has 0 aliphatic heterocycles. The summed E-state index contributed by atoms with van der Waals surface area (Å²) in [4.78, 5) is 0. The normalized spacial score (nSPS) is 17.2. The Hall–Kier alpha value is -3.64. The summed E-state index contributed by atoms with van der Waals surface area (Å²) in [5.41, 5.74) is 12.6. The minimum Gasteiger partial charge on any atom is -0.0987 e. The Morgan fingerprint density at radius 2 is 1.32 bits per heavy atom. The maximum absolute atomic E-state index is 4.62. The van der Waals surface area contributed by atoms with Crippen molar-refractivity contribution in [3.8, 4) is 11.1 Å². The topological polar surface area (TPSA) is 0 Å². The number of benzene rings is 3. The lowest BCUT2D eigenvalue weighted by Crippen LogP contribution is -2.26. The highest BCUT2D eigenvalue weighted by atomic mass is 14.5. The standard InChI is InChI=1S/C31H24/c1-3-26-30(21(2)22-13-5-4-6-14-22)25-17-9-12-20-29(25)31(26)27-18-10-7-15-23(27)24-16-8-11-19-28(24)31/h3-5,7-13,15-20H,1-2,6,14H2. The van der Waals surface area contributed by atoms with E-state index < -0.39 is 0 Å². The van der Waals surface area contributed by atoms with E-state index in [0.29, 0.717) is 0 Å². The summed E-state index contributed by atoms with van der Waals surface area (Å²) in [6, 6.07) is 26.6. The molecule has 0 heteroatoms. The van der Waals surface area contributed by atoms with Gasteiger partial charge >= 0.3 is 0 Å². The van der Waals surface area contributed by atoms with Crippen LogP contribution in [0.15, 0.2) is 127 Å². The second-order valence-electron chi connectivity index (χ2n) is 8.52. The van der Waals surface area contributed by atoms with Crippen molar-refractivity contribution in [2.45, 2.75) is 18.3 Å². The van der Waals surface area contributed by atoms with Crippen LogP contribution in [0.2, 0.25) is 0 Å². The Morgan fingerprint density at radius 3 is 1.87 bits per heavy atom. The molecule has 0 amide bonds. The molecule has 0 heterocycles. The van der Waals surface area contributed by atoms with Gasteiger partial charge in [0.2, 0.25) is 0 Å². The average Bonchev–Trinajstić information content (AvgIpc) is 3.31. The first kappa shape index (κ1) is 18.2. The summed E-state index contributed by atoms with van der Waals surface area (Å²) in [5.74, 6) is 0. The van der Waals surface area contributed by atoms with Crippen molar-refractivity contribution in [1.29, 1.82) is 0 Å². The van der Waals surface area contributed by atoms with E-state index in [1.807, 2.05) is 0 Å². The molecule has 0 saturated carbocycles. The van der Waals surface area contributed by atoms with Gasteiger partial charge < -0.3 is 0 Å². The Bertz CT molecular complexity index is 1310. The van der Waals surface area contributed by atoms with E-state index in [2.05, 4.69) is 110 Å². The van der Waals surface area contributed by atoms with Crippen molar-refractivity contribution in [2.24, 2.45) is 0 Å². The van der Waals surface area contributed by atoms with Crippen LogP contribution in [0.1, 0.15) is 35.1 Å². The van der Waals surface area contributed by atoms with E-state index in [0.717, 1.165) is 18.4 Å². The molecule has 0 atom stereocenters. The predicted molar refractivity (Wildman–Crippen MR) is 131 cm³/mol. The van der Waals surface area contributed by atoms with E-state index >= 15 is 0 Å². The summed E-state index contributed by atoms with van der Waals surface area (Å²) in [5, 5.41) is 0. The van der Waals surface area contributed by atoms with Gasteiger partial charge in [0.05, 0.1) is 5.41 Å². The fraction of sp³-hybridized carbons (Fsp3) is 0.0968. The van der Waals surface area contributed by atoms with Gasteiger partial charge in [-0.05, 0) is 68.5 Å². The SMILES string of the molecule is C=CC1=C(C(=C)C2=CC=CCC2)c2ccccc2C12c1ccccc1-c1ccccc12. The zero-order chi connectivity index (χ0) is 21.0. The predicted octanol–water partition coefficient (Wildman–Crippen LogP) is 7.79. The highest BCUT2D eigenvalue weighted by molar-refractivity contribution is 6.00. The van der Waals surface area contributed by atoms with Crippen LogP contribution in [0.3, 0.4) is 0 Å². The van der Waals surface area contributed by atoms with Gasteiger partial charge in [-0.1, -0.05) is 110 Å². The summed E-state index contributed by atoms with van der Waals surface area (Å²) in [6.07, 6.45) is 10.8. The van der Waals surface area contributed by atoms with Gasteiger partial charge in [-0.3, -0.25) is 0 Å². The molecule has 0 fully saturated rings. The third-order valence-corrected chi connectivity index (χ3v) is 7.13. The highest BCUT2D eigenvalue weighted by Gasteiger charge is 2.52. The van der Waals surface area contributed by atoms with E-state index in [1.54, 1.807) is 0 Å². The fourth-order valence-corrected chi connectivity index (χ4v) is 5.92. The minimum atomic E-state index is -0.338. The Labute approximate surface area is 184 Å². The van der Waals surface area contributed by atoms with Gasteiger partial charge in [0, 0.05) is 0 Å². The Balaban J connectivity index is 1.75. The zero-order valence-electron chi connectivity index (χ0n) is 17.6. The first-order valence-electron chi connectivity index (χ1n) is 11.0. The molecular weight excluding hydrogens is 372 g/mol. The van der Waals surface area contributed by atoms with Crippen LogP contribution in [0, 0.1) is 0 Å². The van der Waals surface area contributed by atoms with Crippen LogP contribution in [0.4, 0.5) is 0 Å². The van der Waals surface area contributed by atoms with Gasteiger partial charge in [0.1, 0.15) is 0 Å².